The van der Waals surface area contributed by atoms with E-state index in [4.69, 9.17) is 16.3 Å². The number of alkyl halides is 1. The summed E-state index contributed by atoms with van der Waals surface area (Å²) in [6, 6.07) is 8.99. The topological polar surface area (TPSA) is 46.6 Å². The SMILES string of the molecule is COc1ccccc1CN(C)S(=O)(=O)c1cc(CCl)cs1. The van der Waals surface area contributed by atoms with Crippen LogP contribution in [0.1, 0.15) is 11.1 Å². The summed E-state index contributed by atoms with van der Waals surface area (Å²) in [5.41, 5.74) is 1.63. The lowest BCUT2D eigenvalue weighted by Gasteiger charge is -2.17. The van der Waals surface area contributed by atoms with Crippen molar-refractivity contribution in [1.82, 2.24) is 4.31 Å². The summed E-state index contributed by atoms with van der Waals surface area (Å²) in [6.45, 7) is 0.250. The van der Waals surface area contributed by atoms with Gasteiger partial charge in [0.15, 0.2) is 0 Å². The summed E-state index contributed by atoms with van der Waals surface area (Å²) in [5, 5.41) is 1.76. The highest BCUT2D eigenvalue weighted by Crippen LogP contribution is 2.26. The van der Waals surface area contributed by atoms with Crippen LogP contribution >= 0.6 is 22.9 Å². The first-order valence-corrected chi connectivity index (χ1v) is 9.06. The van der Waals surface area contributed by atoms with Crippen molar-refractivity contribution in [2.24, 2.45) is 0 Å². The lowest BCUT2D eigenvalue weighted by Crippen LogP contribution is -2.26. The van der Waals surface area contributed by atoms with Gasteiger partial charge in [-0.05, 0) is 23.1 Å². The molecule has 0 saturated heterocycles. The van der Waals surface area contributed by atoms with Crippen molar-refractivity contribution in [3.63, 3.8) is 0 Å². The third-order valence-electron chi connectivity index (χ3n) is 3.03. The highest BCUT2D eigenvalue weighted by molar-refractivity contribution is 7.91. The van der Waals surface area contributed by atoms with Crippen LogP contribution in [0.2, 0.25) is 0 Å². The van der Waals surface area contributed by atoms with Crippen LogP contribution in [-0.4, -0.2) is 26.9 Å². The number of para-hydroxylation sites is 1. The fraction of sp³-hybridized carbons (Fsp3) is 0.286. The molecule has 0 amide bonds. The Morgan fingerprint density at radius 3 is 2.67 bits per heavy atom. The number of hydrogen-bond acceptors (Lipinski definition) is 4. The van der Waals surface area contributed by atoms with E-state index in [0.717, 1.165) is 11.1 Å². The van der Waals surface area contributed by atoms with Gasteiger partial charge >= 0.3 is 0 Å². The molecular formula is C14H16ClNO3S2. The average Bonchev–Trinajstić information content (AvgIpc) is 2.97. The van der Waals surface area contributed by atoms with Crippen molar-refractivity contribution in [2.75, 3.05) is 14.2 Å². The molecule has 2 rings (SSSR count). The summed E-state index contributed by atoms with van der Waals surface area (Å²) < 4.78 is 31.9. The quantitative estimate of drug-likeness (QED) is 0.754. The molecule has 1 heterocycles. The minimum atomic E-state index is -3.51. The van der Waals surface area contributed by atoms with Crippen molar-refractivity contribution in [3.8, 4) is 5.75 Å². The van der Waals surface area contributed by atoms with Gasteiger partial charge in [-0.1, -0.05) is 18.2 Å². The molecule has 7 heteroatoms. The van der Waals surface area contributed by atoms with Gasteiger partial charge in [-0.25, -0.2) is 8.42 Å². The lowest BCUT2D eigenvalue weighted by molar-refractivity contribution is 0.398. The van der Waals surface area contributed by atoms with Gasteiger partial charge in [-0.2, -0.15) is 4.31 Å². The summed E-state index contributed by atoms with van der Waals surface area (Å²) >= 11 is 6.91. The Hall–Kier alpha value is -1.08. The van der Waals surface area contributed by atoms with Crippen LogP contribution in [0.15, 0.2) is 39.9 Å². The summed E-state index contributed by atoms with van der Waals surface area (Å²) in [6.07, 6.45) is 0. The zero-order valence-corrected chi connectivity index (χ0v) is 14.1. The van der Waals surface area contributed by atoms with Crippen molar-refractivity contribution < 1.29 is 13.2 Å². The molecule has 0 aliphatic heterocycles. The van der Waals surface area contributed by atoms with E-state index in [0.29, 0.717) is 15.8 Å². The Morgan fingerprint density at radius 1 is 1.33 bits per heavy atom. The number of hydrogen-bond donors (Lipinski definition) is 0. The van der Waals surface area contributed by atoms with Crippen molar-refractivity contribution in [1.29, 1.82) is 0 Å². The maximum absolute atomic E-state index is 12.5. The molecule has 0 N–H and O–H groups in total. The van der Waals surface area contributed by atoms with Gasteiger partial charge in [0.2, 0.25) is 0 Å². The van der Waals surface area contributed by atoms with E-state index in [-0.39, 0.29) is 6.54 Å². The molecule has 0 radical (unpaired) electrons. The molecule has 1 aromatic carbocycles. The van der Waals surface area contributed by atoms with Crippen LogP contribution in [0, 0.1) is 0 Å². The Morgan fingerprint density at radius 2 is 2.05 bits per heavy atom. The summed E-state index contributed by atoms with van der Waals surface area (Å²) in [4.78, 5) is 0. The number of sulfonamides is 1. The standard InChI is InChI=1S/C14H16ClNO3S2/c1-16(9-12-5-3-4-6-13(12)19-2)21(17,18)14-7-11(8-15)10-20-14/h3-7,10H,8-9H2,1-2H3. The zero-order chi connectivity index (χ0) is 15.5. The molecule has 0 aliphatic rings. The first kappa shape index (κ1) is 16.3. The molecule has 0 saturated carbocycles. The maximum Gasteiger partial charge on any atom is 0.252 e. The molecule has 0 spiro atoms. The number of methoxy groups -OCH3 is 1. The number of halogens is 1. The molecule has 2 aromatic rings. The highest BCUT2D eigenvalue weighted by Gasteiger charge is 2.23. The highest BCUT2D eigenvalue weighted by atomic mass is 35.5. The first-order valence-electron chi connectivity index (χ1n) is 6.20. The third kappa shape index (κ3) is 3.58. The molecule has 1 aromatic heterocycles. The Labute approximate surface area is 134 Å². The molecule has 0 bridgehead atoms. The first-order chi connectivity index (χ1) is 9.98. The molecule has 4 nitrogen and oxygen atoms in total. The predicted octanol–water partition coefficient (Wildman–Crippen LogP) is 3.32. The number of ether oxygens (including phenoxy) is 1. The number of benzene rings is 1. The fourth-order valence-electron chi connectivity index (χ4n) is 1.87. The Balaban J connectivity index is 2.24. The number of nitrogens with zero attached hydrogens (tertiary/aromatic N) is 1. The van der Waals surface area contributed by atoms with Crippen LogP contribution in [0.25, 0.3) is 0 Å². The minimum Gasteiger partial charge on any atom is -0.496 e. The summed E-state index contributed by atoms with van der Waals surface area (Å²) in [7, 11) is -0.388. The smallest absolute Gasteiger partial charge is 0.252 e. The van der Waals surface area contributed by atoms with Gasteiger partial charge in [0, 0.05) is 25.0 Å². The molecule has 0 fully saturated rings. The molecule has 21 heavy (non-hydrogen) atoms. The van der Waals surface area contributed by atoms with Crippen molar-refractivity contribution in [3.05, 3.63) is 46.8 Å². The van der Waals surface area contributed by atoms with E-state index in [1.54, 1.807) is 25.6 Å². The van der Waals surface area contributed by atoms with Gasteiger partial charge in [0.1, 0.15) is 9.96 Å². The van der Waals surface area contributed by atoms with E-state index in [9.17, 15) is 8.42 Å². The van der Waals surface area contributed by atoms with Crippen molar-refractivity contribution in [2.45, 2.75) is 16.6 Å². The van der Waals surface area contributed by atoms with E-state index in [2.05, 4.69) is 0 Å². The zero-order valence-electron chi connectivity index (χ0n) is 11.7. The lowest BCUT2D eigenvalue weighted by atomic mass is 10.2. The van der Waals surface area contributed by atoms with E-state index in [1.807, 2.05) is 24.3 Å². The normalized spacial score (nSPS) is 11.8. The van der Waals surface area contributed by atoms with E-state index < -0.39 is 10.0 Å². The second kappa shape index (κ2) is 6.79. The van der Waals surface area contributed by atoms with E-state index >= 15 is 0 Å². The molecule has 0 aliphatic carbocycles. The van der Waals surface area contributed by atoms with Crippen LogP contribution in [-0.2, 0) is 22.4 Å². The monoisotopic (exact) mass is 345 g/mol. The van der Waals surface area contributed by atoms with Gasteiger partial charge in [-0.15, -0.1) is 22.9 Å². The Bertz CT molecular complexity index is 713. The van der Waals surface area contributed by atoms with Gasteiger partial charge in [0.25, 0.3) is 10.0 Å². The fourth-order valence-corrected chi connectivity index (χ4v) is 4.68. The maximum atomic E-state index is 12.5. The van der Waals surface area contributed by atoms with Crippen LogP contribution in [0.3, 0.4) is 0 Å². The number of rotatable bonds is 6. The minimum absolute atomic E-state index is 0.250. The Kier molecular flexibility index (Phi) is 5.27. The average molecular weight is 346 g/mol. The van der Waals surface area contributed by atoms with Crippen LogP contribution in [0.4, 0.5) is 0 Å². The van der Waals surface area contributed by atoms with Gasteiger partial charge in [0.05, 0.1) is 7.11 Å². The molecule has 0 unspecified atom stereocenters. The van der Waals surface area contributed by atoms with Crippen LogP contribution in [0.5, 0.6) is 5.75 Å². The van der Waals surface area contributed by atoms with Crippen LogP contribution < -0.4 is 4.74 Å². The van der Waals surface area contributed by atoms with Crippen molar-refractivity contribution >= 4 is 33.0 Å². The predicted molar refractivity (Wildman–Crippen MR) is 85.5 cm³/mol. The van der Waals surface area contributed by atoms with Gasteiger partial charge in [-0.3, -0.25) is 0 Å². The van der Waals surface area contributed by atoms with E-state index in [1.165, 1.54) is 15.6 Å². The molecule has 0 atom stereocenters. The van der Waals surface area contributed by atoms with Gasteiger partial charge < -0.3 is 4.74 Å². The third-order valence-corrected chi connectivity index (χ3v) is 6.61. The molecular weight excluding hydrogens is 330 g/mol. The summed E-state index contributed by atoms with van der Waals surface area (Å²) in [5.74, 6) is 0.981. The molecule has 114 valence electrons. The second-order valence-electron chi connectivity index (χ2n) is 4.48. The largest absolute Gasteiger partial charge is 0.496 e. The number of thiophene rings is 1. The second-order valence-corrected chi connectivity index (χ2v) is 7.93.